The van der Waals surface area contributed by atoms with Gasteiger partial charge in [-0.15, -0.1) is 0 Å². The fourth-order valence-electron chi connectivity index (χ4n) is 1.79. The van der Waals surface area contributed by atoms with Crippen LogP contribution in [0.25, 0.3) is 0 Å². The minimum atomic E-state index is -0.204. The molecular weight excluding hydrogens is 264 g/mol. The molecule has 0 atom stereocenters. The second-order valence-electron chi connectivity index (χ2n) is 5.23. The van der Waals surface area contributed by atoms with E-state index in [1.807, 2.05) is 45.0 Å². The van der Waals surface area contributed by atoms with Crippen LogP contribution in [0.3, 0.4) is 0 Å². The molecule has 0 saturated heterocycles. The van der Waals surface area contributed by atoms with E-state index < -0.39 is 0 Å². The van der Waals surface area contributed by atoms with Crippen LogP contribution in [0.2, 0.25) is 0 Å². The van der Waals surface area contributed by atoms with E-state index in [-0.39, 0.29) is 11.9 Å². The maximum Gasteiger partial charge on any atom is 0.270 e. The number of hydrogen-bond acceptors (Lipinski definition) is 4. The van der Waals surface area contributed by atoms with Crippen molar-refractivity contribution in [2.45, 2.75) is 33.4 Å². The van der Waals surface area contributed by atoms with E-state index in [2.05, 4.69) is 20.6 Å². The third kappa shape index (κ3) is 4.56. The summed E-state index contributed by atoms with van der Waals surface area (Å²) in [7, 11) is 0. The molecule has 0 saturated carbocycles. The highest BCUT2D eigenvalue weighted by atomic mass is 16.1. The van der Waals surface area contributed by atoms with Crippen molar-refractivity contribution in [3.8, 4) is 0 Å². The Kier molecular flexibility index (Phi) is 4.87. The molecule has 110 valence electrons. The van der Waals surface area contributed by atoms with Crippen LogP contribution in [0, 0.1) is 6.92 Å². The topological polar surface area (TPSA) is 66.9 Å². The lowest BCUT2D eigenvalue weighted by atomic mass is 10.1. The summed E-state index contributed by atoms with van der Waals surface area (Å²) in [5, 5.41) is 5.94. The van der Waals surface area contributed by atoms with Gasteiger partial charge in [0.25, 0.3) is 5.91 Å². The smallest absolute Gasteiger partial charge is 0.270 e. The average Bonchev–Trinajstić information content (AvgIpc) is 2.46. The number of carbonyl (C=O) groups excluding carboxylic acids is 1. The SMILES string of the molecule is Cc1ccc(CNC(=O)c2ccnc(NC(C)C)n2)cc1. The largest absolute Gasteiger partial charge is 0.352 e. The van der Waals surface area contributed by atoms with Gasteiger partial charge in [-0.1, -0.05) is 29.8 Å². The molecule has 0 aliphatic heterocycles. The van der Waals surface area contributed by atoms with Gasteiger partial charge in [-0.25, -0.2) is 9.97 Å². The van der Waals surface area contributed by atoms with Crippen LogP contribution in [0.15, 0.2) is 36.5 Å². The lowest BCUT2D eigenvalue weighted by Gasteiger charge is -2.09. The first-order chi connectivity index (χ1) is 10.0. The summed E-state index contributed by atoms with van der Waals surface area (Å²) in [6.45, 7) is 6.50. The summed E-state index contributed by atoms with van der Waals surface area (Å²) in [6.07, 6.45) is 1.58. The fourth-order valence-corrected chi connectivity index (χ4v) is 1.79. The first kappa shape index (κ1) is 15.0. The van der Waals surface area contributed by atoms with E-state index >= 15 is 0 Å². The Balaban J connectivity index is 1.98. The number of hydrogen-bond donors (Lipinski definition) is 2. The molecular formula is C16H20N4O. The predicted octanol–water partition coefficient (Wildman–Crippen LogP) is 2.54. The second kappa shape index (κ2) is 6.83. The molecule has 5 nitrogen and oxygen atoms in total. The molecule has 0 radical (unpaired) electrons. The fraction of sp³-hybridized carbons (Fsp3) is 0.312. The molecule has 21 heavy (non-hydrogen) atoms. The number of benzene rings is 1. The van der Waals surface area contributed by atoms with Gasteiger partial charge in [0.15, 0.2) is 0 Å². The first-order valence-electron chi connectivity index (χ1n) is 6.98. The Hall–Kier alpha value is -2.43. The Morgan fingerprint density at radius 3 is 2.57 bits per heavy atom. The molecule has 0 bridgehead atoms. The summed E-state index contributed by atoms with van der Waals surface area (Å²) in [4.78, 5) is 20.4. The van der Waals surface area contributed by atoms with E-state index in [0.717, 1.165) is 5.56 Å². The third-order valence-electron chi connectivity index (χ3n) is 2.88. The van der Waals surface area contributed by atoms with Gasteiger partial charge in [0.2, 0.25) is 5.95 Å². The monoisotopic (exact) mass is 284 g/mol. The number of nitrogens with one attached hydrogen (secondary N) is 2. The van der Waals surface area contributed by atoms with E-state index in [4.69, 9.17) is 0 Å². The van der Waals surface area contributed by atoms with Crippen molar-refractivity contribution in [2.24, 2.45) is 0 Å². The van der Waals surface area contributed by atoms with Gasteiger partial charge in [0, 0.05) is 18.8 Å². The van der Waals surface area contributed by atoms with Gasteiger partial charge in [0.05, 0.1) is 0 Å². The normalized spacial score (nSPS) is 10.5. The van der Waals surface area contributed by atoms with Crippen molar-refractivity contribution in [1.82, 2.24) is 15.3 Å². The maximum atomic E-state index is 12.1. The zero-order chi connectivity index (χ0) is 15.2. The van der Waals surface area contributed by atoms with Crippen molar-refractivity contribution >= 4 is 11.9 Å². The standard InChI is InChI=1S/C16H20N4O/c1-11(2)19-16-17-9-8-14(20-16)15(21)18-10-13-6-4-12(3)5-7-13/h4-9,11H,10H2,1-3H3,(H,18,21)(H,17,19,20). The molecule has 2 N–H and O–H groups in total. The lowest BCUT2D eigenvalue weighted by Crippen LogP contribution is -2.24. The van der Waals surface area contributed by atoms with Crippen molar-refractivity contribution < 1.29 is 4.79 Å². The van der Waals surface area contributed by atoms with Crippen LogP contribution < -0.4 is 10.6 Å². The van der Waals surface area contributed by atoms with E-state index in [0.29, 0.717) is 18.2 Å². The highest BCUT2D eigenvalue weighted by molar-refractivity contribution is 5.92. The Morgan fingerprint density at radius 2 is 1.90 bits per heavy atom. The Labute approximate surface area is 124 Å². The number of anilines is 1. The lowest BCUT2D eigenvalue weighted by molar-refractivity contribution is 0.0946. The highest BCUT2D eigenvalue weighted by Gasteiger charge is 2.09. The van der Waals surface area contributed by atoms with Gasteiger partial charge in [0.1, 0.15) is 5.69 Å². The van der Waals surface area contributed by atoms with Crippen molar-refractivity contribution in [3.05, 3.63) is 53.3 Å². The number of amides is 1. The van der Waals surface area contributed by atoms with Crippen molar-refractivity contribution in [2.75, 3.05) is 5.32 Å². The zero-order valence-corrected chi connectivity index (χ0v) is 12.6. The highest BCUT2D eigenvalue weighted by Crippen LogP contribution is 2.05. The molecule has 0 spiro atoms. The summed E-state index contributed by atoms with van der Waals surface area (Å²) in [5.41, 5.74) is 2.62. The molecule has 1 aromatic carbocycles. The molecule has 1 amide bonds. The minimum absolute atomic E-state index is 0.204. The third-order valence-corrected chi connectivity index (χ3v) is 2.88. The number of aromatic nitrogens is 2. The molecule has 1 aromatic heterocycles. The van der Waals surface area contributed by atoms with Crippen LogP contribution in [0.5, 0.6) is 0 Å². The van der Waals surface area contributed by atoms with E-state index in [1.54, 1.807) is 12.3 Å². The molecule has 0 fully saturated rings. The van der Waals surface area contributed by atoms with Gasteiger partial charge >= 0.3 is 0 Å². The summed E-state index contributed by atoms with van der Waals surface area (Å²) >= 11 is 0. The quantitative estimate of drug-likeness (QED) is 0.885. The summed E-state index contributed by atoms with van der Waals surface area (Å²) in [6, 6.07) is 9.88. The minimum Gasteiger partial charge on any atom is -0.352 e. The van der Waals surface area contributed by atoms with Crippen molar-refractivity contribution in [1.29, 1.82) is 0 Å². The molecule has 2 rings (SSSR count). The first-order valence-corrected chi connectivity index (χ1v) is 6.98. The van der Waals surface area contributed by atoms with Gasteiger partial charge in [-0.2, -0.15) is 0 Å². The number of rotatable bonds is 5. The summed E-state index contributed by atoms with van der Waals surface area (Å²) < 4.78 is 0. The molecule has 0 aliphatic carbocycles. The van der Waals surface area contributed by atoms with Crippen LogP contribution >= 0.6 is 0 Å². The van der Waals surface area contributed by atoms with E-state index in [1.165, 1.54) is 5.56 Å². The van der Waals surface area contributed by atoms with Crippen molar-refractivity contribution in [3.63, 3.8) is 0 Å². The predicted molar refractivity (Wildman–Crippen MR) is 83.1 cm³/mol. The number of carbonyl (C=O) groups is 1. The number of nitrogens with zero attached hydrogens (tertiary/aromatic N) is 2. The Bertz CT molecular complexity index is 608. The van der Waals surface area contributed by atoms with E-state index in [9.17, 15) is 4.79 Å². The number of aryl methyl sites for hydroxylation is 1. The Morgan fingerprint density at radius 1 is 1.19 bits per heavy atom. The van der Waals surface area contributed by atoms with Crippen LogP contribution in [-0.4, -0.2) is 21.9 Å². The molecule has 0 unspecified atom stereocenters. The molecule has 1 heterocycles. The van der Waals surface area contributed by atoms with Crippen LogP contribution in [0.4, 0.5) is 5.95 Å². The molecule has 0 aliphatic rings. The molecule has 5 heteroatoms. The van der Waals surface area contributed by atoms with Gasteiger partial charge in [-0.3, -0.25) is 4.79 Å². The van der Waals surface area contributed by atoms with Crippen LogP contribution in [-0.2, 0) is 6.54 Å². The van der Waals surface area contributed by atoms with Gasteiger partial charge < -0.3 is 10.6 Å². The van der Waals surface area contributed by atoms with Crippen LogP contribution in [0.1, 0.15) is 35.5 Å². The molecule has 2 aromatic rings. The van der Waals surface area contributed by atoms with Gasteiger partial charge in [-0.05, 0) is 32.4 Å². The summed E-state index contributed by atoms with van der Waals surface area (Å²) in [5.74, 6) is 0.262. The zero-order valence-electron chi connectivity index (χ0n) is 12.6. The average molecular weight is 284 g/mol. The second-order valence-corrected chi connectivity index (χ2v) is 5.23. The maximum absolute atomic E-state index is 12.1.